The van der Waals surface area contributed by atoms with Crippen LogP contribution in [0.25, 0.3) is 0 Å². The van der Waals surface area contributed by atoms with Gasteiger partial charge in [-0.3, -0.25) is 9.59 Å². The van der Waals surface area contributed by atoms with Crippen LogP contribution in [0, 0.1) is 11.8 Å². The summed E-state index contributed by atoms with van der Waals surface area (Å²) in [5, 5.41) is 11.6. The molecule has 0 aromatic carbocycles. The summed E-state index contributed by atoms with van der Waals surface area (Å²) in [6, 6.07) is -0.181. The normalized spacial score (nSPS) is 19.8. The number of carboxylic acid groups (broad SMARTS) is 1. The van der Waals surface area contributed by atoms with E-state index in [4.69, 9.17) is 5.11 Å². The van der Waals surface area contributed by atoms with Crippen molar-refractivity contribution in [2.75, 3.05) is 33.2 Å². The highest BCUT2D eigenvalue weighted by molar-refractivity contribution is 5.81. The molecule has 1 aliphatic rings. The fourth-order valence-corrected chi connectivity index (χ4v) is 2.52. The van der Waals surface area contributed by atoms with E-state index in [-0.39, 0.29) is 24.4 Å². The van der Waals surface area contributed by atoms with Gasteiger partial charge >= 0.3 is 12.0 Å². The number of piperidine rings is 1. The lowest BCUT2D eigenvalue weighted by atomic mass is 9.97. The third-order valence-corrected chi connectivity index (χ3v) is 3.88. The van der Waals surface area contributed by atoms with Gasteiger partial charge in [0.05, 0.1) is 11.8 Å². The SMILES string of the molecule is CCN(CC(C)C(=O)O)C(=O)N1CCCC(C(=O)NC)C1. The summed E-state index contributed by atoms with van der Waals surface area (Å²) in [5.74, 6) is -1.74. The van der Waals surface area contributed by atoms with Crippen LogP contribution in [0.1, 0.15) is 26.7 Å². The molecule has 0 bridgehead atoms. The van der Waals surface area contributed by atoms with Gasteiger partial charge in [0.1, 0.15) is 0 Å². The minimum absolute atomic E-state index is 0.0468. The molecule has 1 fully saturated rings. The molecular weight excluding hydrogens is 274 g/mol. The number of amides is 3. The van der Waals surface area contributed by atoms with Crippen molar-refractivity contribution < 1.29 is 19.5 Å². The van der Waals surface area contributed by atoms with Crippen molar-refractivity contribution in [3.8, 4) is 0 Å². The van der Waals surface area contributed by atoms with Gasteiger partial charge in [-0.05, 0) is 19.8 Å². The quantitative estimate of drug-likeness (QED) is 0.778. The van der Waals surface area contributed by atoms with Gasteiger partial charge in [-0.15, -0.1) is 0 Å². The molecule has 2 unspecified atom stereocenters. The summed E-state index contributed by atoms with van der Waals surface area (Å²) in [6.45, 7) is 5.07. The number of hydrogen-bond acceptors (Lipinski definition) is 3. The molecule has 21 heavy (non-hydrogen) atoms. The molecule has 0 aromatic rings. The van der Waals surface area contributed by atoms with Crippen molar-refractivity contribution in [3.63, 3.8) is 0 Å². The van der Waals surface area contributed by atoms with Gasteiger partial charge in [-0.25, -0.2) is 4.79 Å². The van der Waals surface area contributed by atoms with E-state index >= 15 is 0 Å². The van der Waals surface area contributed by atoms with Crippen LogP contribution in [0.15, 0.2) is 0 Å². The maximum atomic E-state index is 12.5. The van der Waals surface area contributed by atoms with E-state index in [9.17, 15) is 14.4 Å². The molecule has 0 saturated carbocycles. The van der Waals surface area contributed by atoms with Crippen molar-refractivity contribution in [1.29, 1.82) is 0 Å². The average molecular weight is 299 g/mol. The standard InChI is InChI=1S/C14H25N3O4/c1-4-16(8-10(2)13(19)20)14(21)17-7-5-6-11(9-17)12(18)15-3/h10-11H,4-9H2,1-3H3,(H,15,18)(H,19,20). The molecule has 2 N–H and O–H groups in total. The Balaban J connectivity index is 2.66. The number of carbonyl (C=O) groups is 3. The third kappa shape index (κ3) is 4.61. The highest BCUT2D eigenvalue weighted by atomic mass is 16.4. The minimum atomic E-state index is -0.914. The highest BCUT2D eigenvalue weighted by Crippen LogP contribution is 2.18. The second kappa shape index (κ2) is 7.85. The van der Waals surface area contributed by atoms with Crippen LogP contribution in [0.2, 0.25) is 0 Å². The Morgan fingerprint density at radius 2 is 2.10 bits per heavy atom. The number of hydrogen-bond donors (Lipinski definition) is 2. The lowest BCUT2D eigenvalue weighted by Crippen LogP contribution is -2.51. The number of nitrogens with zero attached hydrogens (tertiary/aromatic N) is 2. The van der Waals surface area contributed by atoms with Gasteiger partial charge in [0, 0.05) is 33.2 Å². The van der Waals surface area contributed by atoms with Crippen LogP contribution in [-0.4, -0.2) is 66.0 Å². The maximum Gasteiger partial charge on any atom is 0.320 e. The van der Waals surface area contributed by atoms with Crippen molar-refractivity contribution in [2.24, 2.45) is 11.8 Å². The first kappa shape index (κ1) is 17.3. The van der Waals surface area contributed by atoms with Crippen LogP contribution >= 0.6 is 0 Å². The van der Waals surface area contributed by atoms with Crippen molar-refractivity contribution in [2.45, 2.75) is 26.7 Å². The number of nitrogens with one attached hydrogen (secondary N) is 1. The largest absolute Gasteiger partial charge is 0.481 e. The fourth-order valence-electron chi connectivity index (χ4n) is 2.52. The van der Waals surface area contributed by atoms with Crippen LogP contribution in [0.4, 0.5) is 4.79 Å². The number of likely N-dealkylation sites (tertiary alicyclic amines) is 1. The zero-order chi connectivity index (χ0) is 16.0. The zero-order valence-corrected chi connectivity index (χ0v) is 13.0. The molecule has 1 rings (SSSR count). The number of carbonyl (C=O) groups excluding carboxylic acids is 2. The van der Waals surface area contributed by atoms with Crippen molar-refractivity contribution >= 4 is 17.9 Å². The smallest absolute Gasteiger partial charge is 0.320 e. The molecule has 1 heterocycles. The first-order valence-electron chi connectivity index (χ1n) is 7.38. The topological polar surface area (TPSA) is 90.0 Å². The van der Waals surface area contributed by atoms with Crippen LogP contribution in [-0.2, 0) is 9.59 Å². The number of rotatable bonds is 5. The van der Waals surface area contributed by atoms with Gasteiger partial charge < -0.3 is 20.2 Å². The monoisotopic (exact) mass is 299 g/mol. The molecule has 7 heteroatoms. The first-order chi connectivity index (χ1) is 9.90. The molecule has 0 aliphatic carbocycles. The Morgan fingerprint density at radius 1 is 1.43 bits per heavy atom. The van der Waals surface area contributed by atoms with Crippen LogP contribution in [0.3, 0.4) is 0 Å². The Hall–Kier alpha value is -1.79. The molecule has 2 atom stereocenters. The summed E-state index contributed by atoms with van der Waals surface area (Å²) in [7, 11) is 1.59. The number of aliphatic carboxylic acids is 1. The second-order valence-corrected chi connectivity index (χ2v) is 5.46. The van der Waals surface area contributed by atoms with Crippen LogP contribution in [0.5, 0.6) is 0 Å². The number of carboxylic acids is 1. The highest BCUT2D eigenvalue weighted by Gasteiger charge is 2.30. The fraction of sp³-hybridized carbons (Fsp3) is 0.786. The Morgan fingerprint density at radius 3 is 2.62 bits per heavy atom. The molecule has 1 aliphatic heterocycles. The third-order valence-electron chi connectivity index (χ3n) is 3.88. The Kier molecular flexibility index (Phi) is 6.45. The molecule has 120 valence electrons. The molecule has 0 radical (unpaired) electrons. The summed E-state index contributed by atoms with van der Waals surface area (Å²) in [4.78, 5) is 38.3. The van der Waals surface area contributed by atoms with E-state index in [1.54, 1.807) is 18.9 Å². The zero-order valence-electron chi connectivity index (χ0n) is 13.0. The summed E-state index contributed by atoms with van der Waals surface area (Å²) >= 11 is 0. The lowest BCUT2D eigenvalue weighted by Gasteiger charge is -2.36. The first-order valence-corrected chi connectivity index (χ1v) is 7.38. The summed E-state index contributed by atoms with van der Waals surface area (Å²) in [6.07, 6.45) is 1.57. The van der Waals surface area contributed by atoms with Gasteiger partial charge in [0.15, 0.2) is 0 Å². The maximum absolute atomic E-state index is 12.5. The molecular formula is C14H25N3O4. The average Bonchev–Trinajstić information content (AvgIpc) is 2.50. The predicted octanol–water partition coefficient (Wildman–Crippen LogP) is 0.607. The van der Waals surface area contributed by atoms with E-state index in [1.165, 1.54) is 4.90 Å². The minimum Gasteiger partial charge on any atom is -0.481 e. The van der Waals surface area contributed by atoms with Gasteiger partial charge in [-0.2, -0.15) is 0 Å². The Bertz CT molecular complexity index is 400. The van der Waals surface area contributed by atoms with E-state index in [0.717, 1.165) is 12.8 Å². The second-order valence-electron chi connectivity index (χ2n) is 5.46. The summed E-state index contributed by atoms with van der Waals surface area (Å²) in [5.41, 5.74) is 0. The van der Waals surface area contributed by atoms with Crippen molar-refractivity contribution in [1.82, 2.24) is 15.1 Å². The van der Waals surface area contributed by atoms with Crippen molar-refractivity contribution in [3.05, 3.63) is 0 Å². The molecule has 0 aromatic heterocycles. The van der Waals surface area contributed by atoms with Gasteiger partial charge in [0.25, 0.3) is 0 Å². The predicted molar refractivity (Wildman–Crippen MR) is 77.8 cm³/mol. The van der Waals surface area contributed by atoms with Gasteiger partial charge in [-0.1, -0.05) is 6.92 Å². The molecule has 7 nitrogen and oxygen atoms in total. The van der Waals surface area contributed by atoms with E-state index in [0.29, 0.717) is 19.6 Å². The van der Waals surface area contributed by atoms with E-state index in [1.807, 2.05) is 6.92 Å². The van der Waals surface area contributed by atoms with Gasteiger partial charge in [0.2, 0.25) is 5.91 Å². The molecule has 3 amide bonds. The van der Waals surface area contributed by atoms with E-state index < -0.39 is 11.9 Å². The van der Waals surface area contributed by atoms with E-state index in [2.05, 4.69) is 5.32 Å². The lowest BCUT2D eigenvalue weighted by molar-refractivity contribution is -0.141. The van der Waals surface area contributed by atoms with Crippen LogP contribution < -0.4 is 5.32 Å². The summed E-state index contributed by atoms with van der Waals surface area (Å²) < 4.78 is 0. The molecule has 1 saturated heterocycles. The molecule has 0 spiro atoms. The Labute approximate surface area is 125 Å². The number of urea groups is 1.